The van der Waals surface area contributed by atoms with Crippen LogP contribution < -0.4 is 10.1 Å². The van der Waals surface area contributed by atoms with Crippen molar-refractivity contribution in [3.63, 3.8) is 0 Å². The highest BCUT2D eigenvalue weighted by atomic mass is 16.5. The summed E-state index contributed by atoms with van der Waals surface area (Å²) in [5.41, 5.74) is 1.20. The molecule has 0 atom stereocenters. The van der Waals surface area contributed by atoms with Crippen LogP contribution >= 0.6 is 0 Å². The number of hydrogen-bond donors (Lipinski definition) is 1. The molecule has 4 nitrogen and oxygen atoms in total. The molecule has 1 heterocycles. The maximum absolute atomic E-state index is 5.72. The molecular formula is C15H21N3O. The molecule has 0 saturated heterocycles. The third-order valence-electron chi connectivity index (χ3n) is 2.78. The lowest BCUT2D eigenvalue weighted by atomic mass is 10.2. The summed E-state index contributed by atoms with van der Waals surface area (Å²) in [4.78, 5) is 0. The van der Waals surface area contributed by atoms with Crippen molar-refractivity contribution in [2.75, 3.05) is 11.9 Å². The lowest BCUT2D eigenvalue weighted by Crippen LogP contribution is -2.06. The van der Waals surface area contributed by atoms with Crippen LogP contribution in [0.1, 0.15) is 19.4 Å². The number of aryl methyl sites for hydroxylation is 1. The number of nitrogens with one attached hydrogen (secondary N) is 1. The Hall–Kier alpha value is -1.97. The van der Waals surface area contributed by atoms with Crippen LogP contribution in [0, 0.1) is 5.92 Å². The predicted octanol–water partition coefficient (Wildman–Crippen LogP) is 3.07. The molecule has 1 aromatic carbocycles. The van der Waals surface area contributed by atoms with Gasteiger partial charge in [-0.2, -0.15) is 5.10 Å². The molecule has 0 radical (unpaired) electrons. The van der Waals surface area contributed by atoms with Crippen LogP contribution in [0.3, 0.4) is 0 Å². The van der Waals surface area contributed by atoms with Gasteiger partial charge in [0.25, 0.3) is 0 Å². The van der Waals surface area contributed by atoms with Gasteiger partial charge in [-0.1, -0.05) is 26.0 Å². The Kier molecular flexibility index (Phi) is 4.44. The lowest BCUT2D eigenvalue weighted by molar-refractivity contribution is 0.271. The molecule has 2 aromatic rings. The molecule has 0 unspecified atom stereocenters. The molecule has 1 N–H and O–H groups in total. The van der Waals surface area contributed by atoms with E-state index in [1.165, 1.54) is 5.56 Å². The Bertz CT molecular complexity index is 520. The summed E-state index contributed by atoms with van der Waals surface area (Å²) in [6.07, 6.45) is 1.78. The molecule has 0 aliphatic heterocycles. The summed E-state index contributed by atoms with van der Waals surface area (Å²) in [5, 5.41) is 7.47. The Balaban J connectivity index is 1.93. The van der Waals surface area contributed by atoms with E-state index in [0.717, 1.165) is 24.7 Å². The first-order chi connectivity index (χ1) is 9.15. The fraction of sp³-hybridized carbons (Fsp3) is 0.400. The maximum Gasteiger partial charge on any atom is 0.124 e. The fourth-order valence-corrected chi connectivity index (χ4v) is 1.75. The van der Waals surface area contributed by atoms with E-state index in [2.05, 4.69) is 36.4 Å². The SMILES string of the molecule is CC(C)COc1cccc(CNc2ccnn2C)c1. The molecule has 4 heteroatoms. The van der Waals surface area contributed by atoms with Gasteiger partial charge in [-0.15, -0.1) is 0 Å². The van der Waals surface area contributed by atoms with Gasteiger partial charge >= 0.3 is 0 Å². The molecule has 19 heavy (non-hydrogen) atoms. The molecule has 0 aliphatic carbocycles. The van der Waals surface area contributed by atoms with Crippen molar-refractivity contribution in [3.05, 3.63) is 42.1 Å². The van der Waals surface area contributed by atoms with Crippen LogP contribution in [-0.2, 0) is 13.6 Å². The second-order valence-corrected chi connectivity index (χ2v) is 5.05. The van der Waals surface area contributed by atoms with Gasteiger partial charge in [-0.05, 0) is 23.6 Å². The van der Waals surface area contributed by atoms with Crippen molar-refractivity contribution >= 4 is 5.82 Å². The highest BCUT2D eigenvalue weighted by Gasteiger charge is 2.01. The van der Waals surface area contributed by atoms with E-state index in [9.17, 15) is 0 Å². The number of ether oxygens (including phenoxy) is 1. The molecule has 1 aromatic heterocycles. The molecule has 0 aliphatic rings. The van der Waals surface area contributed by atoms with Gasteiger partial charge in [-0.3, -0.25) is 4.68 Å². The van der Waals surface area contributed by atoms with E-state index in [-0.39, 0.29) is 0 Å². The summed E-state index contributed by atoms with van der Waals surface area (Å²) >= 11 is 0. The minimum Gasteiger partial charge on any atom is -0.493 e. The summed E-state index contributed by atoms with van der Waals surface area (Å²) in [6.45, 7) is 5.80. The average Bonchev–Trinajstić information content (AvgIpc) is 2.80. The van der Waals surface area contributed by atoms with Crippen LogP contribution in [-0.4, -0.2) is 16.4 Å². The molecule has 0 spiro atoms. The summed E-state index contributed by atoms with van der Waals surface area (Å²) in [5.74, 6) is 2.47. The maximum atomic E-state index is 5.72. The van der Waals surface area contributed by atoms with Crippen molar-refractivity contribution in [1.29, 1.82) is 0 Å². The quantitative estimate of drug-likeness (QED) is 0.866. The Labute approximate surface area is 114 Å². The minimum atomic E-state index is 0.538. The number of nitrogens with zero attached hydrogens (tertiary/aromatic N) is 2. The van der Waals surface area contributed by atoms with Crippen molar-refractivity contribution < 1.29 is 4.74 Å². The largest absolute Gasteiger partial charge is 0.493 e. The van der Waals surface area contributed by atoms with E-state index in [0.29, 0.717) is 5.92 Å². The first-order valence-electron chi connectivity index (χ1n) is 6.59. The zero-order valence-corrected chi connectivity index (χ0v) is 11.8. The Morgan fingerprint density at radius 1 is 1.32 bits per heavy atom. The normalized spacial score (nSPS) is 10.7. The van der Waals surface area contributed by atoms with Crippen molar-refractivity contribution in [3.8, 4) is 5.75 Å². The van der Waals surface area contributed by atoms with Gasteiger partial charge in [-0.25, -0.2) is 0 Å². The van der Waals surface area contributed by atoms with Crippen LogP contribution in [0.15, 0.2) is 36.5 Å². The van der Waals surface area contributed by atoms with Gasteiger partial charge in [0.15, 0.2) is 0 Å². The summed E-state index contributed by atoms with van der Waals surface area (Å²) in [6, 6.07) is 10.1. The number of hydrogen-bond acceptors (Lipinski definition) is 3. The second-order valence-electron chi connectivity index (χ2n) is 5.05. The van der Waals surface area contributed by atoms with Gasteiger partial charge in [0, 0.05) is 19.7 Å². The van der Waals surface area contributed by atoms with E-state index in [4.69, 9.17) is 4.74 Å². The highest BCUT2D eigenvalue weighted by Crippen LogP contribution is 2.15. The molecule has 0 bridgehead atoms. The van der Waals surface area contributed by atoms with E-state index in [1.807, 2.05) is 29.9 Å². The first kappa shape index (κ1) is 13.5. The van der Waals surface area contributed by atoms with E-state index in [1.54, 1.807) is 6.20 Å². The second kappa shape index (κ2) is 6.27. The first-order valence-corrected chi connectivity index (χ1v) is 6.59. The topological polar surface area (TPSA) is 39.1 Å². The average molecular weight is 259 g/mol. The molecule has 0 saturated carbocycles. The number of benzene rings is 1. The summed E-state index contributed by atoms with van der Waals surface area (Å²) in [7, 11) is 1.92. The molecule has 102 valence electrons. The van der Waals surface area contributed by atoms with Gasteiger partial charge in [0.1, 0.15) is 11.6 Å². The van der Waals surface area contributed by atoms with E-state index >= 15 is 0 Å². The van der Waals surface area contributed by atoms with Gasteiger partial charge in [0.2, 0.25) is 0 Å². The Morgan fingerprint density at radius 3 is 2.84 bits per heavy atom. The monoisotopic (exact) mass is 259 g/mol. The molecule has 2 rings (SSSR count). The van der Waals surface area contributed by atoms with Crippen molar-refractivity contribution in [2.24, 2.45) is 13.0 Å². The van der Waals surface area contributed by atoms with Crippen LogP contribution in [0.2, 0.25) is 0 Å². The third kappa shape index (κ3) is 4.02. The zero-order chi connectivity index (χ0) is 13.7. The van der Waals surface area contributed by atoms with Gasteiger partial charge < -0.3 is 10.1 Å². The van der Waals surface area contributed by atoms with Crippen molar-refractivity contribution in [1.82, 2.24) is 9.78 Å². The van der Waals surface area contributed by atoms with E-state index < -0.39 is 0 Å². The molecular weight excluding hydrogens is 238 g/mol. The van der Waals surface area contributed by atoms with Gasteiger partial charge in [0.05, 0.1) is 12.8 Å². The number of rotatable bonds is 6. The number of anilines is 1. The number of aromatic nitrogens is 2. The van der Waals surface area contributed by atoms with Crippen LogP contribution in [0.4, 0.5) is 5.82 Å². The smallest absolute Gasteiger partial charge is 0.124 e. The fourth-order valence-electron chi connectivity index (χ4n) is 1.75. The lowest BCUT2D eigenvalue weighted by Gasteiger charge is -2.11. The highest BCUT2D eigenvalue weighted by molar-refractivity contribution is 5.36. The molecule has 0 fully saturated rings. The van der Waals surface area contributed by atoms with Crippen LogP contribution in [0.25, 0.3) is 0 Å². The summed E-state index contributed by atoms with van der Waals surface area (Å²) < 4.78 is 7.54. The predicted molar refractivity (Wildman–Crippen MR) is 77.3 cm³/mol. The van der Waals surface area contributed by atoms with Crippen molar-refractivity contribution in [2.45, 2.75) is 20.4 Å². The standard InChI is InChI=1S/C15H21N3O/c1-12(2)11-19-14-6-4-5-13(9-14)10-16-15-7-8-17-18(15)3/h4-9,12,16H,10-11H2,1-3H3. The minimum absolute atomic E-state index is 0.538. The van der Waals surface area contributed by atoms with Crippen LogP contribution in [0.5, 0.6) is 5.75 Å². The molecule has 0 amide bonds. The Morgan fingerprint density at radius 2 is 2.16 bits per heavy atom. The zero-order valence-electron chi connectivity index (χ0n) is 11.8. The third-order valence-corrected chi connectivity index (χ3v) is 2.78.